The third kappa shape index (κ3) is 3.67. The van der Waals surface area contributed by atoms with Gasteiger partial charge in [-0.25, -0.2) is 0 Å². The maximum Gasteiger partial charge on any atom is 0.237 e. The number of rotatable bonds is 3. The number of nitrogens with zero attached hydrogens (tertiary/aromatic N) is 2. The van der Waals surface area contributed by atoms with Crippen LogP contribution in [0.4, 0.5) is 0 Å². The molecule has 0 radical (unpaired) electrons. The Morgan fingerprint density at radius 2 is 2.17 bits per heavy atom. The minimum atomic E-state index is 0.0328. The van der Waals surface area contributed by atoms with E-state index in [2.05, 4.69) is 34.5 Å². The molecule has 2 aliphatic heterocycles. The van der Waals surface area contributed by atoms with Crippen LogP contribution in [-0.4, -0.2) is 74.6 Å². The highest BCUT2D eigenvalue weighted by Crippen LogP contribution is 2.08. The lowest BCUT2D eigenvalue weighted by Gasteiger charge is -2.38. The first-order chi connectivity index (χ1) is 8.66. The van der Waals surface area contributed by atoms with Crippen molar-refractivity contribution in [3.8, 4) is 0 Å². The highest BCUT2D eigenvalue weighted by Gasteiger charge is 2.25. The van der Waals surface area contributed by atoms with Crippen LogP contribution in [0.15, 0.2) is 0 Å². The van der Waals surface area contributed by atoms with Crippen molar-refractivity contribution in [2.24, 2.45) is 0 Å². The Morgan fingerprint density at radius 3 is 2.89 bits per heavy atom. The summed E-state index contributed by atoms with van der Waals surface area (Å²) in [5.41, 5.74) is 0. The average molecular weight is 254 g/mol. The van der Waals surface area contributed by atoms with Crippen LogP contribution >= 0.6 is 0 Å². The van der Waals surface area contributed by atoms with E-state index in [-0.39, 0.29) is 11.9 Å². The van der Waals surface area contributed by atoms with Crippen LogP contribution in [-0.2, 0) is 4.79 Å². The van der Waals surface area contributed by atoms with Crippen molar-refractivity contribution in [2.75, 3.05) is 46.8 Å². The van der Waals surface area contributed by atoms with E-state index in [4.69, 9.17) is 0 Å². The third-order valence-corrected chi connectivity index (χ3v) is 4.12. The number of carbonyl (C=O) groups is 1. The number of nitrogens with one attached hydrogen (secondary N) is 2. The van der Waals surface area contributed by atoms with Crippen LogP contribution in [0.2, 0.25) is 0 Å². The molecule has 0 aliphatic carbocycles. The summed E-state index contributed by atoms with van der Waals surface area (Å²) in [6.45, 7) is 4.97. The van der Waals surface area contributed by atoms with E-state index in [1.807, 2.05) is 0 Å². The summed E-state index contributed by atoms with van der Waals surface area (Å²) in [6.07, 6.45) is 3.34. The molecule has 2 N–H and O–H groups in total. The van der Waals surface area contributed by atoms with E-state index in [1.54, 1.807) is 0 Å². The van der Waals surface area contributed by atoms with Crippen molar-refractivity contribution in [3.63, 3.8) is 0 Å². The van der Waals surface area contributed by atoms with E-state index in [1.165, 1.54) is 6.42 Å². The molecule has 2 saturated heterocycles. The van der Waals surface area contributed by atoms with Crippen molar-refractivity contribution in [1.82, 2.24) is 20.4 Å². The van der Waals surface area contributed by atoms with E-state index >= 15 is 0 Å². The predicted octanol–water partition coefficient (Wildman–Crippen LogP) is -0.509. The Labute approximate surface area is 110 Å². The zero-order valence-corrected chi connectivity index (χ0v) is 11.6. The minimum absolute atomic E-state index is 0.0328. The van der Waals surface area contributed by atoms with Crippen molar-refractivity contribution < 1.29 is 4.79 Å². The molecule has 0 bridgehead atoms. The Morgan fingerprint density at radius 1 is 1.33 bits per heavy atom. The van der Waals surface area contributed by atoms with Crippen molar-refractivity contribution in [1.29, 1.82) is 0 Å². The number of hydrogen-bond donors (Lipinski definition) is 2. The fourth-order valence-electron chi connectivity index (χ4n) is 2.74. The van der Waals surface area contributed by atoms with Crippen LogP contribution in [0.3, 0.4) is 0 Å². The minimum Gasteiger partial charge on any atom is -0.353 e. The Bertz CT molecular complexity index is 278. The summed E-state index contributed by atoms with van der Waals surface area (Å²) in [4.78, 5) is 16.7. The van der Waals surface area contributed by atoms with Gasteiger partial charge in [-0.05, 0) is 33.5 Å². The first-order valence-electron chi connectivity index (χ1n) is 7.06. The fraction of sp³-hybridized carbons (Fsp3) is 0.923. The summed E-state index contributed by atoms with van der Waals surface area (Å²) in [7, 11) is 4.28. The third-order valence-electron chi connectivity index (χ3n) is 4.12. The van der Waals surface area contributed by atoms with Crippen LogP contribution in [0.5, 0.6) is 0 Å². The van der Waals surface area contributed by atoms with Crippen molar-refractivity contribution in [2.45, 2.75) is 31.3 Å². The molecule has 0 spiro atoms. The second-order valence-corrected chi connectivity index (χ2v) is 5.64. The standard InChI is InChI=1S/C13H26N4O/c1-16-7-8-17(2)11(10-16)9-15-13(18)12-5-3-4-6-14-12/h11-12,14H,3-10H2,1-2H3,(H,15,18). The second-order valence-electron chi connectivity index (χ2n) is 5.64. The molecule has 104 valence electrons. The molecular weight excluding hydrogens is 228 g/mol. The first-order valence-corrected chi connectivity index (χ1v) is 7.06. The van der Waals surface area contributed by atoms with E-state index in [9.17, 15) is 4.79 Å². The molecule has 5 nitrogen and oxygen atoms in total. The molecule has 0 saturated carbocycles. The van der Waals surface area contributed by atoms with E-state index in [0.29, 0.717) is 6.04 Å². The number of likely N-dealkylation sites (N-methyl/N-ethyl adjacent to an activating group) is 2. The van der Waals surface area contributed by atoms with Gasteiger partial charge in [-0.1, -0.05) is 6.42 Å². The SMILES string of the molecule is CN1CCN(C)C(CNC(=O)C2CCCCN2)C1. The number of piperazine rings is 1. The molecule has 5 heteroatoms. The van der Waals surface area contributed by atoms with Crippen molar-refractivity contribution in [3.05, 3.63) is 0 Å². The normalized spacial score (nSPS) is 31.2. The lowest BCUT2D eigenvalue weighted by molar-refractivity contribution is -0.124. The molecule has 1 amide bonds. The summed E-state index contributed by atoms with van der Waals surface area (Å²) in [6, 6.07) is 0.474. The zero-order valence-electron chi connectivity index (χ0n) is 11.6. The summed E-state index contributed by atoms with van der Waals surface area (Å²) in [5, 5.41) is 6.39. The molecule has 2 unspecified atom stereocenters. The Kier molecular flexibility index (Phi) is 4.97. The largest absolute Gasteiger partial charge is 0.353 e. The molecule has 2 fully saturated rings. The lowest BCUT2D eigenvalue weighted by Crippen LogP contribution is -2.56. The lowest BCUT2D eigenvalue weighted by atomic mass is 10.0. The van der Waals surface area contributed by atoms with Crippen LogP contribution in [0, 0.1) is 0 Å². The zero-order chi connectivity index (χ0) is 13.0. The smallest absolute Gasteiger partial charge is 0.237 e. The van der Waals surface area contributed by atoms with Gasteiger partial charge in [0.1, 0.15) is 0 Å². The van der Waals surface area contributed by atoms with E-state index in [0.717, 1.165) is 45.6 Å². The molecule has 18 heavy (non-hydrogen) atoms. The number of piperidine rings is 1. The highest BCUT2D eigenvalue weighted by atomic mass is 16.2. The van der Waals surface area contributed by atoms with E-state index < -0.39 is 0 Å². The van der Waals surface area contributed by atoms with Gasteiger partial charge >= 0.3 is 0 Å². The second kappa shape index (κ2) is 6.50. The van der Waals surface area contributed by atoms with Gasteiger partial charge in [0.05, 0.1) is 6.04 Å². The summed E-state index contributed by atoms with van der Waals surface area (Å²) < 4.78 is 0. The monoisotopic (exact) mass is 254 g/mol. The average Bonchev–Trinajstić information content (AvgIpc) is 2.40. The quantitative estimate of drug-likeness (QED) is 0.712. The number of amides is 1. The number of hydrogen-bond acceptors (Lipinski definition) is 4. The predicted molar refractivity (Wildman–Crippen MR) is 72.6 cm³/mol. The summed E-state index contributed by atoms with van der Waals surface area (Å²) in [5.74, 6) is 0.177. The van der Waals surface area contributed by atoms with Crippen molar-refractivity contribution >= 4 is 5.91 Å². The van der Waals surface area contributed by atoms with Gasteiger partial charge in [-0.2, -0.15) is 0 Å². The molecular formula is C13H26N4O. The topological polar surface area (TPSA) is 47.6 Å². The van der Waals surface area contributed by atoms with Crippen LogP contribution in [0.25, 0.3) is 0 Å². The Balaban J connectivity index is 1.74. The molecule has 0 aromatic heterocycles. The van der Waals surface area contributed by atoms with Gasteiger partial charge in [0.25, 0.3) is 0 Å². The van der Waals surface area contributed by atoms with Gasteiger partial charge < -0.3 is 15.5 Å². The van der Waals surface area contributed by atoms with Gasteiger partial charge in [0, 0.05) is 32.2 Å². The maximum atomic E-state index is 12.0. The molecule has 2 rings (SSSR count). The van der Waals surface area contributed by atoms with Crippen LogP contribution in [0.1, 0.15) is 19.3 Å². The molecule has 2 atom stereocenters. The fourth-order valence-corrected chi connectivity index (χ4v) is 2.74. The molecule has 0 aromatic carbocycles. The van der Waals surface area contributed by atoms with Gasteiger partial charge in [-0.3, -0.25) is 9.69 Å². The maximum absolute atomic E-state index is 12.0. The number of carbonyl (C=O) groups excluding carboxylic acids is 1. The molecule has 0 aromatic rings. The highest BCUT2D eigenvalue weighted by molar-refractivity contribution is 5.81. The van der Waals surface area contributed by atoms with Gasteiger partial charge in [0.2, 0.25) is 5.91 Å². The summed E-state index contributed by atoms with van der Waals surface area (Å²) >= 11 is 0. The molecule has 2 heterocycles. The Hall–Kier alpha value is -0.650. The van der Waals surface area contributed by atoms with Crippen LogP contribution < -0.4 is 10.6 Å². The van der Waals surface area contributed by atoms with Gasteiger partial charge in [-0.15, -0.1) is 0 Å². The first kappa shape index (κ1) is 13.8. The molecule has 2 aliphatic rings. The van der Waals surface area contributed by atoms with Gasteiger partial charge in [0.15, 0.2) is 0 Å².